The highest BCUT2D eigenvalue weighted by Crippen LogP contribution is 2.27. The second-order valence-electron chi connectivity index (χ2n) is 4.65. The first-order chi connectivity index (χ1) is 10.9. The Bertz CT molecular complexity index is 542. The van der Waals surface area contributed by atoms with Crippen molar-refractivity contribution in [2.24, 2.45) is 5.92 Å². The molecule has 23 heavy (non-hydrogen) atoms. The Balaban J connectivity index is 3.04. The van der Waals surface area contributed by atoms with Gasteiger partial charge >= 0.3 is 11.9 Å². The number of nitro groups is 1. The SMILES string of the molecule is CCOC(=O)C(CC(c1ccc(Br)cc1)[N+](=O)[O-])C(=O)OCC. The average Bonchev–Trinajstić information content (AvgIpc) is 2.49. The minimum Gasteiger partial charge on any atom is -0.465 e. The van der Waals surface area contributed by atoms with E-state index in [0.717, 1.165) is 4.47 Å². The number of halogens is 1. The summed E-state index contributed by atoms with van der Waals surface area (Å²) in [5.74, 6) is -2.95. The highest BCUT2D eigenvalue weighted by molar-refractivity contribution is 9.10. The summed E-state index contributed by atoms with van der Waals surface area (Å²) in [5.41, 5.74) is 0.400. The molecule has 0 aromatic heterocycles. The van der Waals surface area contributed by atoms with Gasteiger partial charge in [0.15, 0.2) is 5.92 Å². The Morgan fingerprint density at radius 2 is 1.61 bits per heavy atom. The molecule has 1 rings (SSSR count). The van der Waals surface area contributed by atoms with Gasteiger partial charge in [0.2, 0.25) is 6.04 Å². The summed E-state index contributed by atoms with van der Waals surface area (Å²) in [6.07, 6.45) is -0.313. The molecule has 0 amide bonds. The van der Waals surface area contributed by atoms with Crippen LogP contribution in [-0.2, 0) is 19.1 Å². The molecule has 1 atom stereocenters. The Hall–Kier alpha value is -1.96. The van der Waals surface area contributed by atoms with Gasteiger partial charge in [0, 0.05) is 21.4 Å². The third kappa shape index (κ3) is 5.63. The number of hydrogen-bond donors (Lipinski definition) is 0. The quantitative estimate of drug-likeness (QED) is 0.294. The number of rotatable bonds is 8. The fourth-order valence-corrected chi connectivity index (χ4v) is 2.29. The maximum absolute atomic E-state index is 11.9. The summed E-state index contributed by atoms with van der Waals surface area (Å²) in [7, 11) is 0. The molecule has 126 valence electrons. The van der Waals surface area contributed by atoms with E-state index in [4.69, 9.17) is 9.47 Å². The Morgan fingerprint density at radius 1 is 1.13 bits per heavy atom. The van der Waals surface area contributed by atoms with E-state index in [0.29, 0.717) is 5.56 Å². The number of benzene rings is 1. The summed E-state index contributed by atoms with van der Waals surface area (Å²) < 4.78 is 10.4. The van der Waals surface area contributed by atoms with Crippen LogP contribution in [0.4, 0.5) is 0 Å². The molecular formula is C15H18BrNO6. The minimum absolute atomic E-state index is 0.0795. The summed E-state index contributed by atoms with van der Waals surface area (Å²) in [5, 5.41) is 11.4. The second-order valence-corrected chi connectivity index (χ2v) is 5.56. The zero-order valence-electron chi connectivity index (χ0n) is 12.9. The van der Waals surface area contributed by atoms with Crippen molar-refractivity contribution in [2.75, 3.05) is 13.2 Å². The van der Waals surface area contributed by atoms with Gasteiger partial charge in [0.1, 0.15) is 0 Å². The molecule has 1 aromatic rings. The van der Waals surface area contributed by atoms with Crippen LogP contribution in [0.2, 0.25) is 0 Å². The third-order valence-electron chi connectivity index (χ3n) is 3.11. The van der Waals surface area contributed by atoms with Crippen molar-refractivity contribution in [3.63, 3.8) is 0 Å². The Kier molecular flexibility index (Phi) is 7.67. The predicted molar refractivity (Wildman–Crippen MR) is 85.3 cm³/mol. The van der Waals surface area contributed by atoms with E-state index in [9.17, 15) is 19.7 Å². The van der Waals surface area contributed by atoms with Gasteiger partial charge in [-0.05, 0) is 26.0 Å². The number of ether oxygens (including phenoxy) is 2. The van der Waals surface area contributed by atoms with E-state index in [2.05, 4.69) is 15.9 Å². The number of carbonyl (C=O) groups is 2. The van der Waals surface area contributed by atoms with E-state index in [-0.39, 0.29) is 19.6 Å². The molecule has 0 aliphatic carbocycles. The molecule has 0 bridgehead atoms. The first-order valence-corrected chi connectivity index (χ1v) is 7.92. The number of esters is 2. The molecule has 0 radical (unpaired) electrons. The number of carbonyl (C=O) groups excluding carboxylic acids is 2. The van der Waals surface area contributed by atoms with Crippen LogP contribution in [0.3, 0.4) is 0 Å². The van der Waals surface area contributed by atoms with Crippen molar-refractivity contribution >= 4 is 27.9 Å². The Labute approximate surface area is 142 Å². The van der Waals surface area contributed by atoms with Gasteiger partial charge in [-0.3, -0.25) is 19.7 Å². The van der Waals surface area contributed by atoms with Gasteiger partial charge in [-0.2, -0.15) is 0 Å². The molecule has 1 unspecified atom stereocenters. The van der Waals surface area contributed by atoms with Crippen molar-refractivity contribution in [1.29, 1.82) is 0 Å². The first kappa shape index (κ1) is 19.1. The lowest BCUT2D eigenvalue weighted by atomic mass is 9.95. The molecule has 0 saturated carbocycles. The van der Waals surface area contributed by atoms with Gasteiger partial charge in [-0.1, -0.05) is 28.1 Å². The van der Waals surface area contributed by atoms with Crippen LogP contribution in [0.5, 0.6) is 0 Å². The largest absolute Gasteiger partial charge is 0.465 e. The van der Waals surface area contributed by atoms with Crippen LogP contribution in [0.15, 0.2) is 28.7 Å². The van der Waals surface area contributed by atoms with Crippen LogP contribution >= 0.6 is 15.9 Å². The van der Waals surface area contributed by atoms with Crippen molar-refractivity contribution in [3.8, 4) is 0 Å². The van der Waals surface area contributed by atoms with Crippen LogP contribution < -0.4 is 0 Å². The van der Waals surface area contributed by atoms with Crippen LogP contribution in [0, 0.1) is 16.0 Å². The van der Waals surface area contributed by atoms with Gasteiger partial charge in [0.25, 0.3) is 0 Å². The summed E-state index contributed by atoms with van der Waals surface area (Å²) in [6, 6.07) is 5.27. The predicted octanol–water partition coefficient (Wildman–Crippen LogP) is 2.90. The standard InChI is InChI=1S/C15H18BrNO6/c1-3-22-14(18)12(15(19)23-4-2)9-13(17(20)21)10-5-7-11(16)8-6-10/h5-8,12-13H,3-4,9H2,1-2H3. The van der Waals surface area contributed by atoms with Gasteiger partial charge < -0.3 is 9.47 Å². The molecule has 7 nitrogen and oxygen atoms in total. The minimum atomic E-state index is -1.33. The smallest absolute Gasteiger partial charge is 0.320 e. The molecule has 0 aliphatic rings. The molecule has 0 saturated heterocycles. The van der Waals surface area contributed by atoms with E-state index in [1.165, 1.54) is 0 Å². The molecule has 1 aromatic carbocycles. The second kappa shape index (κ2) is 9.24. The van der Waals surface area contributed by atoms with E-state index in [1.807, 2.05) is 0 Å². The molecule has 8 heteroatoms. The monoisotopic (exact) mass is 387 g/mol. The first-order valence-electron chi connectivity index (χ1n) is 7.12. The lowest BCUT2D eigenvalue weighted by molar-refractivity contribution is -0.530. The summed E-state index contributed by atoms with van der Waals surface area (Å²) >= 11 is 3.25. The molecule has 0 spiro atoms. The van der Waals surface area contributed by atoms with E-state index >= 15 is 0 Å². The fraction of sp³-hybridized carbons (Fsp3) is 0.467. The molecule has 0 aliphatic heterocycles. The van der Waals surface area contributed by atoms with Gasteiger partial charge in [-0.25, -0.2) is 0 Å². The van der Waals surface area contributed by atoms with E-state index < -0.39 is 28.8 Å². The van der Waals surface area contributed by atoms with Crippen molar-refractivity contribution < 1.29 is 24.0 Å². The third-order valence-corrected chi connectivity index (χ3v) is 3.64. The van der Waals surface area contributed by atoms with Gasteiger partial charge in [0.05, 0.1) is 13.2 Å². The summed E-state index contributed by atoms with van der Waals surface area (Å²) in [6.45, 7) is 3.35. The highest BCUT2D eigenvalue weighted by atomic mass is 79.9. The zero-order chi connectivity index (χ0) is 17.4. The molecule has 0 fully saturated rings. The van der Waals surface area contributed by atoms with Crippen molar-refractivity contribution in [2.45, 2.75) is 26.3 Å². The topological polar surface area (TPSA) is 95.7 Å². The molecular weight excluding hydrogens is 370 g/mol. The maximum Gasteiger partial charge on any atom is 0.320 e. The maximum atomic E-state index is 11.9. The van der Waals surface area contributed by atoms with Crippen LogP contribution in [0.25, 0.3) is 0 Å². The van der Waals surface area contributed by atoms with Crippen molar-refractivity contribution in [3.05, 3.63) is 44.4 Å². The normalized spacial score (nSPS) is 11.8. The molecule has 0 N–H and O–H groups in total. The Morgan fingerprint density at radius 3 is 2.00 bits per heavy atom. The van der Waals surface area contributed by atoms with Crippen LogP contribution in [0.1, 0.15) is 31.9 Å². The van der Waals surface area contributed by atoms with Crippen LogP contribution in [-0.4, -0.2) is 30.1 Å². The number of hydrogen-bond acceptors (Lipinski definition) is 6. The fourth-order valence-electron chi connectivity index (χ4n) is 2.03. The highest BCUT2D eigenvalue weighted by Gasteiger charge is 2.37. The lowest BCUT2D eigenvalue weighted by Gasteiger charge is -2.17. The average molecular weight is 388 g/mol. The number of nitrogens with zero attached hydrogens (tertiary/aromatic N) is 1. The van der Waals surface area contributed by atoms with Crippen molar-refractivity contribution in [1.82, 2.24) is 0 Å². The summed E-state index contributed by atoms with van der Waals surface area (Å²) in [4.78, 5) is 34.8. The lowest BCUT2D eigenvalue weighted by Crippen LogP contribution is -2.31. The van der Waals surface area contributed by atoms with E-state index in [1.54, 1.807) is 38.1 Å². The van der Waals surface area contributed by atoms with Gasteiger partial charge in [-0.15, -0.1) is 0 Å². The zero-order valence-corrected chi connectivity index (χ0v) is 14.4. The molecule has 0 heterocycles.